The molecule has 1 aliphatic rings. The van der Waals surface area contributed by atoms with Crippen LogP contribution in [0, 0.1) is 6.92 Å². The molecule has 3 unspecified atom stereocenters. The first-order valence-electron chi connectivity index (χ1n) is 7.30. The maximum Gasteiger partial charge on any atom is 0.0695 e. The van der Waals surface area contributed by atoms with E-state index in [1.807, 2.05) is 0 Å². The van der Waals surface area contributed by atoms with Crippen LogP contribution in [0.15, 0.2) is 24.3 Å². The van der Waals surface area contributed by atoms with E-state index in [0.717, 1.165) is 19.3 Å². The summed E-state index contributed by atoms with van der Waals surface area (Å²) in [7, 11) is 2.10. The van der Waals surface area contributed by atoms with E-state index in [1.54, 1.807) is 0 Å². The lowest BCUT2D eigenvalue weighted by atomic mass is 9.89. The van der Waals surface area contributed by atoms with Crippen molar-refractivity contribution in [1.29, 1.82) is 0 Å². The van der Waals surface area contributed by atoms with Gasteiger partial charge < -0.3 is 10.8 Å². The second-order valence-electron chi connectivity index (χ2n) is 5.69. The van der Waals surface area contributed by atoms with Gasteiger partial charge in [-0.3, -0.25) is 4.90 Å². The van der Waals surface area contributed by atoms with E-state index < -0.39 is 0 Å². The number of benzene rings is 1. The Morgan fingerprint density at radius 2 is 2.00 bits per heavy atom. The lowest BCUT2D eigenvalue weighted by molar-refractivity contribution is 0.0136. The van der Waals surface area contributed by atoms with Gasteiger partial charge in [0.2, 0.25) is 0 Å². The molecule has 106 valence electrons. The molecule has 3 atom stereocenters. The fourth-order valence-corrected chi connectivity index (χ4v) is 3.27. The summed E-state index contributed by atoms with van der Waals surface area (Å²) in [6.07, 6.45) is 4.12. The van der Waals surface area contributed by atoms with Gasteiger partial charge in [-0.15, -0.1) is 0 Å². The summed E-state index contributed by atoms with van der Waals surface area (Å²) in [6, 6.07) is 8.83. The number of likely N-dealkylation sites (N-methyl/N-ethyl adjacent to an activating group) is 1. The predicted molar refractivity (Wildman–Crippen MR) is 79.0 cm³/mol. The summed E-state index contributed by atoms with van der Waals surface area (Å²) in [5, 5.41) is 10.2. The Kier molecular flexibility index (Phi) is 4.97. The van der Waals surface area contributed by atoms with E-state index >= 15 is 0 Å². The maximum absolute atomic E-state index is 10.2. The number of hydrogen-bond acceptors (Lipinski definition) is 3. The third-order valence-electron chi connectivity index (χ3n) is 4.48. The summed E-state index contributed by atoms with van der Waals surface area (Å²) in [5.41, 5.74) is 8.56. The molecule has 1 aromatic carbocycles. The molecule has 0 aliphatic heterocycles. The minimum atomic E-state index is -0.211. The van der Waals surface area contributed by atoms with Gasteiger partial charge in [0.05, 0.1) is 6.10 Å². The Hall–Kier alpha value is -0.900. The Morgan fingerprint density at radius 1 is 1.32 bits per heavy atom. The molecule has 0 spiro atoms. The lowest BCUT2D eigenvalue weighted by Gasteiger charge is -2.40. The normalized spacial score (nSPS) is 25.5. The van der Waals surface area contributed by atoms with Crippen LogP contribution in [0.1, 0.15) is 42.9 Å². The van der Waals surface area contributed by atoms with Gasteiger partial charge in [-0.25, -0.2) is 0 Å². The Bertz CT molecular complexity index is 407. The molecule has 0 amide bonds. The molecule has 0 saturated heterocycles. The summed E-state index contributed by atoms with van der Waals surface area (Å²) in [5.74, 6) is 0. The van der Waals surface area contributed by atoms with E-state index in [2.05, 4.69) is 43.1 Å². The molecule has 3 N–H and O–H groups in total. The molecule has 3 nitrogen and oxygen atoms in total. The Balaban J connectivity index is 2.19. The third kappa shape index (κ3) is 3.16. The van der Waals surface area contributed by atoms with Gasteiger partial charge in [-0.05, 0) is 37.9 Å². The molecule has 0 bridgehead atoms. The zero-order chi connectivity index (χ0) is 13.8. The van der Waals surface area contributed by atoms with Crippen LogP contribution in [-0.4, -0.2) is 35.7 Å². The van der Waals surface area contributed by atoms with Crippen LogP contribution in [0.3, 0.4) is 0 Å². The fourth-order valence-electron chi connectivity index (χ4n) is 3.27. The van der Waals surface area contributed by atoms with Gasteiger partial charge in [0.15, 0.2) is 0 Å². The van der Waals surface area contributed by atoms with Crippen LogP contribution in [0.2, 0.25) is 0 Å². The van der Waals surface area contributed by atoms with Gasteiger partial charge in [0, 0.05) is 18.6 Å². The molecule has 0 heterocycles. The second-order valence-corrected chi connectivity index (χ2v) is 5.69. The molecule has 2 rings (SSSR count). The number of nitrogens with zero attached hydrogens (tertiary/aromatic N) is 1. The van der Waals surface area contributed by atoms with Crippen LogP contribution >= 0.6 is 0 Å². The number of rotatable bonds is 4. The number of aliphatic hydroxyl groups is 1. The highest BCUT2D eigenvalue weighted by Crippen LogP contribution is 2.29. The van der Waals surface area contributed by atoms with Gasteiger partial charge in [-0.1, -0.05) is 37.1 Å². The van der Waals surface area contributed by atoms with Gasteiger partial charge in [-0.2, -0.15) is 0 Å². The van der Waals surface area contributed by atoms with E-state index in [9.17, 15) is 5.11 Å². The molecule has 3 heteroatoms. The minimum Gasteiger partial charge on any atom is -0.391 e. The maximum atomic E-state index is 10.2. The molecule has 1 aliphatic carbocycles. The largest absolute Gasteiger partial charge is 0.391 e. The van der Waals surface area contributed by atoms with Gasteiger partial charge in [0.25, 0.3) is 0 Å². The first-order chi connectivity index (χ1) is 9.15. The fraction of sp³-hybridized carbons (Fsp3) is 0.625. The predicted octanol–water partition coefficient (Wildman–Crippen LogP) is 2.23. The molecule has 19 heavy (non-hydrogen) atoms. The van der Waals surface area contributed by atoms with E-state index in [0.29, 0.717) is 6.54 Å². The van der Waals surface area contributed by atoms with Crippen LogP contribution in [0.25, 0.3) is 0 Å². The first kappa shape index (κ1) is 14.5. The van der Waals surface area contributed by atoms with Crippen molar-refractivity contribution in [1.82, 2.24) is 4.90 Å². The lowest BCUT2D eigenvalue weighted by Crippen LogP contribution is -2.46. The Labute approximate surface area is 116 Å². The molecule has 0 radical (unpaired) electrons. The molecule has 0 aromatic heterocycles. The quantitative estimate of drug-likeness (QED) is 0.875. The number of nitrogens with two attached hydrogens (primary N) is 1. The molecular weight excluding hydrogens is 236 g/mol. The summed E-state index contributed by atoms with van der Waals surface area (Å²) < 4.78 is 0. The number of aryl methyl sites for hydroxylation is 1. The monoisotopic (exact) mass is 262 g/mol. The van der Waals surface area contributed by atoms with Crippen molar-refractivity contribution in [3.8, 4) is 0 Å². The van der Waals surface area contributed by atoms with E-state index in [4.69, 9.17) is 5.73 Å². The highest BCUT2D eigenvalue weighted by atomic mass is 16.3. The first-order valence-corrected chi connectivity index (χ1v) is 7.30. The molecule has 1 fully saturated rings. The average molecular weight is 262 g/mol. The van der Waals surface area contributed by atoms with Crippen molar-refractivity contribution in [3.05, 3.63) is 35.4 Å². The van der Waals surface area contributed by atoms with Crippen LogP contribution < -0.4 is 5.73 Å². The van der Waals surface area contributed by atoms with Crippen molar-refractivity contribution in [2.24, 2.45) is 5.73 Å². The zero-order valence-electron chi connectivity index (χ0n) is 12.0. The van der Waals surface area contributed by atoms with Crippen molar-refractivity contribution in [3.63, 3.8) is 0 Å². The standard InChI is InChI=1S/C16H26N2O/c1-12-7-3-4-8-13(12)15(11-17)18(2)14-9-5-6-10-16(14)19/h3-4,7-8,14-16,19H,5-6,9-11,17H2,1-2H3. The SMILES string of the molecule is Cc1ccccc1C(CN)N(C)C1CCCCC1O. The minimum absolute atomic E-state index is 0.193. The third-order valence-corrected chi connectivity index (χ3v) is 4.48. The summed E-state index contributed by atoms with van der Waals surface area (Å²) in [6.45, 7) is 2.72. The van der Waals surface area contributed by atoms with E-state index in [-0.39, 0.29) is 18.2 Å². The summed E-state index contributed by atoms with van der Waals surface area (Å²) >= 11 is 0. The van der Waals surface area contributed by atoms with Crippen molar-refractivity contribution < 1.29 is 5.11 Å². The second kappa shape index (κ2) is 6.51. The topological polar surface area (TPSA) is 49.5 Å². The van der Waals surface area contributed by atoms with Crippen LogP contribution in [0.4, 0.5) is 0 Å². The number of hydrogen-bond donors (Lipinski definition) is 2. The zero-order valence-corrected chi connectivity index (χ0v) is 12.0. The van der Waals surface area contributed by atoms with Crippen LogP contribution in [0.5, 0.6) is 0 Å². The van der Waals surface area contributed by atoms with Gasteiger partial charge >= 0.3 is 0 Å². The van der Waals surface area contributed by atoms with Crippen molar-refractivity contribution >= 4 is 0 Å². The van der Waals surface area contributed by atoms with Gasteiger partial charge in [0.1, 0.15) is 0 Å². The number of aliphatic hydroxyl groups excluding tert-OH is 1. The van der Waals surface area contributed by atoms with Crippen LogP contribution in [-0.2, 0) is 0 Å². The summed E-state index contributed by atoms with van der Waals surface area (Å²) in [4.78, 5) is 2.28. The molecule has 1 aromatic rings. The smallest absolute Gasteiger partial charge is 0.0695 e. The van der Waals surface area contributed by atoms with Crippen molar-refractivity contribution in [2.75, 3.05) is 13.6 Å². The Morgan fingerprint density at radius 3 is 2.63 bits per heavy atom. The molecule has 1 saturated carbocycles. The highest BCUT2D eigenvalue weighted by molar-refractivity contribution is 5.29. The molecular formula is C16H26N2O. The van der Waals surface area contributed by atoms with E-state index in [1.165, 1.54) is 17.5 Å². The average Bonchev–Trinajstić information content (AvgIpc) is 2.42. The van der Waals surface area contributed by atoms with Crippen molar-refractivity contribution in [2.45, 2.75) is 50.8 Å². The highest BCUT2D eigenvalue weighted by Gasteiger charge is 2.31.